The van der Waals surface area contributed by atoms with Crippen LogP contribution in [0, 0.1) is 0 Å². The number of hydrogen-bond acceptors (Lipinski definition) is 5. The number of rotatable bonds is 2. The molecule has 2 aromatic heterocycles. The first-order chi connectivity index (χ1) is 8.72. The molecule has 6 heteroatoms. The van der Waals surface area contributed by atoms with Crippen molar-refractivity contribution < 1.29 is 5.11 Å². The second kappa shape index (κ2) is 4.23. The number of benzene rings is 1. The van der Waals surface area contributed by atoms with Gasteiger partial charge in [0, 0.05) is 6.42 Å². The summed E-state index contributed by atoms with van der Waals surface area (Å²) in [5.74, 6) is -0.269. The van der Waals surface area contributed by atoms with Crippen LogP contribution in [0.3, 0.4) is 0 Å². The van der Waals surface area contributed by atoms with Crippen molar-refractivity contribution in [3.05, 3.63) is 57.3 Å². The normalized spacial score (nSPS) is 10.9. The Kier molecular flexibility index (Phi) is 2.56. The Morgan fingerprint density at radius 2 is 2.06 bits per heavy atom. The molecule has 0 aliphatic heterocycles. The van der Waals surface area contributed by atoms with Gasteiger partial charge in [-0.2, -0.15) is 14.6 Å². The maximum Gasteiger partial charge on any atom is 0.278 e. The van der Waals surface area contributed by atoms with E-state index in [1.54, 1.807) is 0 Å². The minimum Gasteiger partial charge on any atom is -0.493 e. The first-order valence-electron chi connectivity index (χ1n) is 5.35. The summed E-state index contributed by atoms with van der Waals surface area (Å²) in [7, 11) is 0. The largest absolute Gasteiger partial charge is 0.493 e. The second-order valence-electron chi connectivity index (χ2n) is 3.81. The van der Waals surface area contributed by atoms with Gasteiger partial charge >= 0.3 is 0 Å². The van der Waals surface area contributed by atoms with Gasteiger partial charge in [-0.25, -0.2) is 0 Å². The van der Waals surface area contributed by atoms with Gasteiger partial charge in [0.1, 0.15) is 5.01 Å². The lowest BCUT2D eigenvalue weighted by molar-refractivity contribution is 0.452. The lowest BCUT2D eigenvalue weighted by Crippen LogP contribution is -2.13. The van der Waals surface area contributed by atoms with E-state index in [2.05, 4.69) is 10.1 Å². The molecule has 1 N–H and O–H groups in total. The third-order valence-electron chi connectivity index (χ3n) is 2.47. The van der Waals surface area contributed by atoms with Crippen LogP contribution in [-0.4, -0.2) is 19.7 Å². The highest BCUT2D eigenvalue weighted by Gasteiger charge is 2.08. The van der Waals surface area contributed by atoms with Crippen LogP contribution in [0.4, 0.5) is 0 Å². The Hall–Kier alpha value is -2.21. The average Bonchev–Trinajstić information content (AvgIpc) is 2.73. The Balaban J connectivity index is 2.04. The molecule has 0 bridgehead atoms. The molecule has 90 valence electrons. The zero-order chi connectivity index (χ0) is 12.5. The number of nitrogens with zero attached hydrogens (tertiary/aromatic N) is 3. The monoisotopic (exact) mass is 259 g/mol. The van der Waals surface area contributed by atoms with Gasteiger partial charge in [-0.05, 0) is 5.56 Å². The molecular formula is C12H9N3O2S. The third-order valence-corrected chi connectivity index (χ3v) is 3.38. The third kappa shape index (κ3) is 1.98. The molecule has 2 heterocycles. The van der Waals surface area contributed by atoms with Crippen molar-refractivity contribution in [2.24, 2.45) is 0 Å². The van der Waals surface area contributed by atoms with Crippen molar-refractivity contribution in [2.75, 3.05) is 0 Å². The molecule has 0 atom stereocenters. The highest BCUT2D eigenvalue weighted by atomic mass is 32.1. The fourth-order valence-corrected chi connectivity index (χ4v) is 2.61. The summed E-state index contributed by atoms with van der Waals surface area (Å²) >= 11 is 1.30. The minimum absolute atomic E-state index is 0.269. The molecule has 0 saturated heterocycles. The summed E-state index contributed by atoms with van der Waals surface area (Å²) in [6.07, 6.45) is 0.648. The standard InChI is InChI=1S/C12H9N3O2S/c16-9-7-11(17)15-12(13-9)18-10(14-15)6-8-4-2-1-3-5-8/h1-5,7,16H,6H2. The van der Waals surface area contributed by atoms with Gasteiger partial charge in [0.15, 0.2) is 0 Å². The lowest BCUT2D eigenvalue weighted by Gasteiger charge is -1.94. The van der Waals surface area contributed by atoms with Crippen LogP contribution in [0.5, 0.6) is 5.88 Å². The van der Waals surface area contributed by atoms with Crippen LogP contribution in [0.2, 0.25) is 0 Å². The first-order valence-corrected chi connectivity index (χ1v) is 6.17. The fraction of sp³-hybridized carbons (Fsp3) is 0.0833. The van der Waals surface area contributed by atoms with E-state index < -0.39 is 0 Å². The molecular weight excluding hydrogens is 250 g/mol. The van der Waals surface area contributed by atoms with E-state index in [4.69, 9.17) is 0 Å². The van der Waals surface area contributed by atoms with Gasteiger partial charge < -0.3 is 5.11 Å². The summed E-state index contributed by atoms with van der Waals surface area (Å²) in [4.78, 5) is 15.9. The van der Waals surface area contributed by atoms with Gasteiger partial charge in [0.25, 0.3) is 5.56 Å². The van der Waals surface area contributed by atoms with Crippen molar-refractivity contribution in [3.8, 4) is 5.88 Å². The van der Waals surface area contributed by atoms with Gasteiger partial charge in [0.2, 0.25) is 10.8 Å². The Morgan fingerprint density at radius 3 is 2.83 bits per heavy atom. The Bertz CT molecular complexity index is 749. The molecule has 0 amide bonds. The molecule has 5 nitrogen and oxygen atoms in total. The molecule has 0 aliphatic rings. The molecule has 0 aliphatic carbocycles. The van der Waals surface area contributed by atoms with Crippen molar-refractivity contribution >= 4 is 16.3 Å². The maximum atomic E-state index is 11.6. The first kappa shape index (κ1) is 10.9. The van der Waals surface area contributed by atoms with Gasteiger partial charge in [0.05, 0.1) is 6.07 Å². The summed E-state index contributed by atoms with van der Waals surface area (Å²) in [5, 5.41) is 14.3. The highest BCUT2D eigenvalue weighted by molar-refractivity contribution is 7.16. The van der Waals surface area contributed by atoms with Crippen LogP contribution in [0.25, 0.3) is 4.96 Å². The summed E-state index contributed by atoms with van der Waals surface area (Å²) in [5.41, 5.74) is 0.752. The maximum absolute atomic E-state index is 11.6. The van der Waals surface area contributed by atoms with Gasteiger partial charge in [-0.1, -0.05) is 41.7 Å². The van der Waals surface area contributed by atoms with Crippen molar-refractivity contribution in [1.29, 1.82) is 0 Å². The quantitative estimate of drug-likeness (QED) is 0.756. The van der Waals surface area contributed by atoms with E-state index in [0.29, 0.717) is 11.4 Å². The summed E-state index contributed by atoms with van der Waals surface area (Å²) in [6.45, 7) is 0. The fourth-order valence-electron chi connectivity index (χ4n) is 1.68. The van der Waals surface area contributed by atoms with Crippen molar-refractivity contribution in [3.63, 3.8) is 0 Å². The van der Waals surface area contributed by atoms with Gasteiger partial charge in [-0.3, -0.25) is 4.79 Å². The second-order valence-corrected chi connectivity index (χ2v) is 4.85. The molecule has 0 unspecified atom stereocenters. The van der Waals surface area contributed by atoms with E-state index in [9.17, 15) is 9.90 Å². The summed E-state index contributed by atoms with van der Waals surface area (Å²) < 4.78 is 1.21. The van der Waals surface area contributed by atoms with Crippen LogP contribution in [0.1, 0.15) is 10.6 Å². The van der Waals surface area contributed by atoms with E-state index in [-0.39, 0.29) is 11.4 Å². The smallest absolute Gasteiger partial charge is 0.278 e. The van der Waals surface area contributed by atoms with Crippen LogP contribution in [-0.2, 0) is 6.42 Å². The van der Waals surface area contributed by atoms with E-state index in [1.165, 1.54) is 15.9 Å². The van der Waals surface area contributed by atoms with E-state index in [1.807, 2.05) is 30.3 Å². The number of aromatic nitrogens is 3. The molecule has 0 saturated carbocycles. The predicted molar refractivity (Wildman–Crippen MR) is 68.0 cm³/mol. The van der Waals surface area contributed by atoms with E-state index in [0.717, 1.165) is 16.6 Å². The van der Waals surface area contributed by atoms with Crippen molar-refractivity contribution in [2.45, 2.75) is 6.42 Å². The van der Waals surface area contributed by atoms with Crippen LogP contribution < -0.4 is 5.56 Å². The zero-order valence-corrected chi connectivity index (χ0v) is 10.1. The van der Waals surface area contributed by atoms with E-state index >= 15 is 0 Å². The molecule has 0 spiro atoms. The van der Waals surface area contributed by atoms with Crippen molar-refractivity contribution in [1.82, 2.24) is 14.6 Å². The minimum atomic E-state index is -0.368. The predicted octanol–water partition coefficient (Wildman–Crippen LogP) is 1.45. The number of fused-ring (bicyclic) bond motifs is 1. The molecule has 3 rings (SSSR count). The highest BCUT2D eigenvalue weighted by Crippen LogP contribution is 2.16. The Labute approximate surface area is 106 Å². The zero-order valence-electron chi connectivity index (χ0n) is 9.28. The lowest BCUT2D eigenvalue weighted by atomic mass is 10.2. The Morgan fingerprint density at radius 1 is 1.28 bits per heavy atom. The molecule has 0 fully saturated rings. The molecule has 1 aromatic carbocycles. The molecule has 18 heavy (non-hydrogen) atoms. The van der Waals surface area contributed by atoms with Crippen LogP contribution >= 0.6 is 11.3 Å². The SMILES string of the molecule is O=c1cc(O)nc2sc(Cc3ccccc3)nn12. The average molecular weight is 259 g/mol. The van der Waals surface area contributed by atoms with Crippen LogP contribution in [0.15, 0.2) is 41.2 Å². The summed E-state index contributed by atoms with van der Waals surface area (Å²) in [6, 6.07) is 10.9. The number of hydrogen-bond donors (Lipinski definition) is 1. The van der Waals surface area contributed by atoms with Gasteiger partial charge in [-0.15, -0.1) is 0 Å². The topological polar surface area (TPSA) is 67.5 Å². The molecule has 3 aromatic rings. The number of aromatic hydroxyl groups is 1. The molecule has 0 radical (unpaired) electrons.